The third-order valence-electron chi connectivity index (χ3n) is 2.95. The molecule has 0 spiro atoms. The van der Waals surface area contributed by atoms with E-state index in [1.54, 1.807) is 19.2 Å². The quantitative estimate of drug-likeness (QED) is 0.440. The maximum absolute atomic E-state index is 13.6. The average Bonchev–Trinajstić information content (AvgIpc) is 2.40. The predicted molar refractivity (Wildman–Crippen MR) is 94.8 cm³/mol. The highest BCUT2D eigenvalue weighted by Crippen LogP contribution is 2.18. The van der Waals surface area contributed by atoms with Gasteiger partial charge in [0, 0.05) is 30.2 Å². The van der Waals surface area contributed by atoms with E-state index in [9.17, 15) is 4.39 Å². The summed E-state index contributed by atoms with van der Waals surface area (Å²) in [6.45, 7) is 4.77. The van der Waals surface area contributed by atoms with E-state index in [4.69, 9.17) is 11.6 Å². The fraction of sp³-hybridized carbons (Fsp3) is 0.500. The van der Waals surface area contributed by atoms with Crippen molar-refractivity contribution < 1.29 is 4.39 Å². The Morgan fingerprint density at radius 3 is 2.70 bits per heavy atom. The second-order valence-electron chi connectivity index (χ2n) is 4.40. The Bertz CT molecular complexity index is 420. The van der Waals surface area contributed by atoms with Gasteiger partial charge in [0.2, 0.25) is 0 Å². The van der Waals surface area contributed by atoms with Crippen molar-refractivity contribution in [3.63, 3.8) is 0 Å². The summed E-state index contributed by atoms with van der Waals surface area (Å²) in [6, 6.07) is 5.08. The number of rotatable bonds is 5. The topological polar surface area (TPSA) is 36.4 Å². The van der Waals surface area contributed by atoms with E-state index in [0.717, 1.165) is 12.4 Å². The fourth-order valence-electron chi connectivity index (χ4n) is 1.61. The number of halogens is 3. The van der Waals surface area contributed by atoms with E-state index in [2.05, 4.69) is 29.5 Å². The van der Waals surface area contributed by atoms with Crippen LogP contribution in [0.15, 0.2) is 23.2 Å². The third kappa shape index (κ3) is 6.26. The van der Waals surface area contributed by atoms with Crippen molar-refractivity contribution in [3.8, 4) is 0 Å². The lowest BCUT2D eigenvalue weighted by Gasteiger charge is -2.16. The summed E-state index contributed by atoms with van der Waals surface area (Å²) in [5.41, 5.74) is 0.538. The van der Waals surface area contributed by atoms with Gasteiger partial charge in [-0.15, -0.1) is 24.0 Å². The molecule has 1 atom stereocenters. The molecule has 20 heavy (non-hydrogen) atoms. The van der Waals surface area contributed by atoms with Crippen LogP contribution in [0.4, 0.5) is 4.39 Å². The summed E-state index contributed by atoms with van der Waals surface area (Å²) >= 11 is 5.97. The van der Waals surface area contributed by atoms with E-state index >= 15 is 0 Å². The van der Waals surface area contributed by atoms with Gasteiger partial charge < -0.3 is 10.6 Å². The van der Waals surface area contributed by atoms with Crippen LogP contribution in [0.5, 0.6) is 0 Å². The molecule has 3 nitrogen and oxygen atoms in total. The fourth-order valence-corrected chi connectivity index (χ4v) is 1.86. The molecule has 0 bridgehead atoms. The van der Waals surface area contributed by atoms with Crippen molar-refractivity contribution in [2.75, 3.05) is 13.6 Å². The van der Waals surface area contributed by atoms with E-state index < -0.39 is 0 Å². The van der Waals surface area contributed by atoms with Crippen LogP contribution in [0.2, 0.25) is 5.02 Å². The van der Waals surface area contributed by atoms with Crippen molar-refractivity contribution in [3.05, 3.63) is 34.6 Å². The van der Waals surface area contributed by atoms with Gasteiger partial charge in [0.25, 0.3) is 0 Å². The Morgan fingerprint density at radius 2 is 2.15 bits per heavy atom. The highest BCUT2D eigenvalue weighted by Gasteiger charge is 2.07. The second-order valence-corrected chi connectivity index (χ2v) is 4.81. The smallest absolute Gasteiger partial charge is 0.191 e. The molecule has 0 saturated heterocycles. The zero-order valence-corrected chi connectivity index (χ0v) is 15.1. The zero-order chi connectivity index (χ0) is 14.3. The third-order valence-corrected chi connectivity index (χ3v) is 3.30. The lowest BCUT2D eigenvalue weighted by molar-refractivity contribution is 0.602. The van der Waals surface area contributed by atoms with Gasteiger partial charge in [-0.2, -0.15) is 0 Å². The molecule has 1 aromatic carbocycles. The molecule has 1 unspecified atom stereocenters. The van der Waals surface area contributed by atoms with Crippen molar-refractivity contribution in [2.45, 2.75) is 32.7 Å². The van der Waals surface area contributed by atoms with Crippen molar-refractivity contribution in [1.29, 1.82) is 0 Å². The molecule has 0 aliphatic rings. The molecule has 0 radical (unpaired) electrons. The largest absolute Gasteiger partial charge is 0.356 e. The monoisotopic (exact) mass is 413 g/mol. The Labute approximate surface area is 142 Å². The standard InChI is InChI=1S/C14H21ClFN3.HI/c1-4-10(2)19-14(17-3)18-9-8-11-12(15)6-5-7-13(11)16;/h5-7,10H,4,8-9H2,1-3H3,(H2,17,18,19);1H. The SMILES string of the molecule is CCC(C)NC(=NC)NCCc1c(F)cccc1Cl.I. The van der Waals surface area contributed by atoms with Crippen LogP contribution >= 0.6 is 35.6 Å². The Hall–Kier alpha value is -0.560. The van der Waals surface area contributed by atoms with Gasteiger partial charge in [-0.3, -0.25) is 4.99 Å². The van der Waals surface area contributed by atoms with E-state index in [0.29, 0.717) is 29.6 Å². The summed E-state index contributed by atoms with van der Waals surface area (Å²) in [4.78, 5) is 4.12. The molecule has 0 fully saturated rings. The van der Waals surface area contributed by atoms with Crippen LogP contribution in [-0.2, 0) is 6.42 Å². The predicted octanol–water partition coefficient (Wildman–Crippen LogP) is 3.60. The van der Waals surface area contributed by atoms with Gasteiger partial charge in [0.05, 0.1) is 0 Å². The summed E-state index contributed by atoms with van der Waals surface area (Å²) in [6.07, 6.45) is 1.53. The first-order valence-electron chi connectivity index (χ1n) is 6.48. The van der Waals surface area contributed by atoms with Crippen LogP contribution in [0, 0.1) is 5.82 Å². The number of nitrogens with one attached hydrogen (secondary N) is 2. The van der Waals surface area contributed by atoms with Gasteiger partial charge >= 0.3 is 0 Å². The minimum Gasteiger partial charge on any atom is -0.356 e. The number of aliphatic imine (C=N–C) groups is 1. The number of benzene rings is 1. The van der Waals surface area contributed by atoms with Gasteiger partial charge in [-0.05, 0) is 31.9 Å². The average molecular weight is 414 g/mol. The van der Waals surface area contributed by atoms with Crippen LogP contribution in [0.3, 0.4) is 0 Å². The molecule has 1 aromatic rings. The first kappa shape index (κ1) is 19.4. The van der Waals surface area contributed by atoms with Crippen molar-refractivity contribution >= 4 is 41.5 Å². The number of hydrogen-bond donors (Lipinski definition) is 2. The molecule has 114 valence electrons. The second kappa shape index (κ2) is 10.2. The van der Waals surface area contributed by atoms with Gasteiger partial charge in [-0.25, -0.2) is 4.39 Å². The number of hydrogen-bond acceptors (Lipinski definition) is 1. The lowest BCUT2D eigenvalue weighted by atomic mass is 10.1. The molecule has 2 N–H and O–H groups in total. The number of nitrogens with zero attached hydrogens (tertiary/aromatic N) is 1. The lowest BCUT2D eigenvalue weighted by Crippen LogP contribution is -2.42. The molecule has 0 aromatic heterocycles. The molecule has 1 rings (SSSR count). The van der Waals surface area contributed by atoms with E-state index in [1.807, 2.05) is 0 Å². The van der Waals surface area contributed by atoms with Crippen molar-refractivity contribution in [2.24, 2.45) is 4.99 Å². The normalized spacial score (nSPS) is 12.6. The minimum absolute atomic E-state index is 0. The van der Waals surface area contributed by atoms with Crippen LogP contribution < -0.4 is 10.6 Å². The summed E-state index contributed by atoms with van der Waals surface area (Å²) in [5, 5.41) is 6.86. The molecular formula is C14H22ClFIN3. The van der Waals surface area contributed by atoms with Crippen LogP contribution in [-0.4, -0.2) is 25.6 Å². The maximum atomic E-state index is 13.6. The molecule has 0 heterocycles. The molecular weight excluding hydrogens is 392 g/mol. The maximum Gasteiger partial charge on any atom is 0.191 e. The summed E-state index contributed by atoms with van der Waals surface area (Å²) in [5.74, 6) is 0.459. The van der Waals surface area contributed by atoms with Crippen LogP contribution in [0.25, 0.3) is 0 Å². The van der Waals surface area contributed by atoms with Gasteiger partial charge in [0.1, 0.15) is 5.82 Å². The van der Waals surface area contributed by atoms with Crippen LogP contribution in [0.1, 0.15) is 25.8 Å². The molecule has 0 amide bonds. The van der Waals surface area contributed by atoms with Crippen molar-refractivity contribution in [1.82, 2.24) is 10.6 Å². The van der Waals surface area contributed by atoms with E-state index in [-0.39, 0.29) is 29.8 Å². The van der Waals surface area contributed by atoms with Gasteiger partial charge in [0.15, 0.2) is 5.96 Å². The first-order chi connectivity index (χ1) is 9.08. The van der Waals surface area contributed by atoms with E-state index in [1.165, 1.54) is 6.07 Å². The first-order valence-corrected chi connectivity index (χ1v) is 6.86. The molecule has 0 saturated carbocycles. The Morgan fingerprint density at radius 1 is 1.45 bits per heavy atom. The highest BCUT2D eigenvalue weighted by molar-refractivity contribution is 14.0. The summed E-state index contributed by atoms with van der Waals surface area (Å²) in [7, 11) is 1.72. The molecule has 0 aliphatic carbocycles. The highest BCUT2D eigenvalue weighted by atomic mass is 127. The molecule has 0 aliphatic heterocycles. The van der Waals surface area contributed by atoms with Gasteiger partial charge in [-0.1, -0.05) is 24.6 Å². The summed E-state index contributed by atoms with van der Waals surface area (Å²) < 4.78 is 13.6. The number of guanidine groups is 1. The zero-order valence-electron chi connectivity index (χ0n) is 12.0. The molecule has 6 heteroatoms. The Balaban J connectivity index is 0.00000361. The minimum atomic E-state index is -0.265. The Kier molecular flexibility index (Phi) is 9.92.